The molecule has 1 aliphatic rings. The number of aliphatic hydroxyl groups excluding tert-OH is 1. The zero-order valence-electron chi connectivity index (χ0n) is 10.8. The van der Waals surface area contributed by atoms with Crippen LogP contribution in [0.3, 0.4) is 0 Å². The molecule has 4 nitrogen and oxygen atoms in total. The molecular formula is C14H20BrNO3. The Hall–Kier alpha value is -0.620. The topological polar surface area (TPSA) is 50.7 Å². The lowest BCUT2D eigenvalue weighted by Crippen LogP contribution is -2.40. The summed E-state index contributed by atoms with van der Waals surface area (Å²) in [7, 11) is 0. The molecule has 1 atom stereocenters. The molecule has 0 aliphatic carbocycles. The lowest BCUT2D eigenvalue weighted by molar-refractivity contribution is 0.0655. The molecule has 0 radical (unpaired) electrons. The number of rotatable bonds is 6. The minimum Gasteiger partial charge on any atom is -0.491 e. The quantitative estimate of drug-likeness (QED) is 0.837. The minimum absolute atomic E-state index is 0.298. The molecule has 1 aromatic rings. The molecule has 1 fully saturated rings. The number of halogens is 1. The van der Waals surface area contributed by atoms with Gasteiger partial charge in [0.25, 0.3) is 0 Å². The SMILES string of the molecule is OC(CNC1CCOCC1)COc1cccc(Br)c1. The van der Waals surface area contributed by atoms with Gasteiger partial charge < -0.3 is 19.9 Å². The molecule has 0 aromatic heterocycles. The van der Waals surface area contributed by atoms with Gasteiger partial charge >= 0.3 is 0 Å². The fourth-order valence-corrected chi connectivity index (χ4v) is 2.39. The molecule has 19 heavy (non-hydrogen) atoms. The Morgan fingerprint density at radius 3 is 2.95 bits per heavy atom. The maximum atomic E-state index is 9.88. The molecule has 2 N–H and O–H groups in total. The number of hydrogen-bond donors (Lipinski definition) is 2. The van der Waals surface area contributed by atoms with Crippen molar-refractivity contribution in [2.45, 2.75) is 25.0 Å². The lowest BCUT2D eigenvalue weighted by Gasteiger charge is -2.24. The van der Waals surface area contributed by atoms with Gasteiger partial charge in [0.1, 0.15) is 18.5 Å². The van der Waals surface area contributed by atoms with E-state index in [2.05, 4.69) is 21.2 Å². The van der Waals surface area contributed by atoms with Crippen molar-refractivity contribution >= 4 is 15.9 Å². The van der Waals surface area contributed by atoms with E-state index in [1.54, 1.807) is 0 Å². The number of benzene rings is 1. The largest absolute Gasteiger partial charge is 0.491 e. The summed E-state index contributed by atoms with van der Waals surface area (Å²) >= 11 is 3.39. The van der Waals surface area contributed by atoms with Crippen LogP contribution in [0.2, 0.25) is 0 Å². The molecule has 2 rings (SSSR count). The summed E-state index contributed by atoms with van der Waals surface area (Å²) in [4.78, 5) is 0. The zero-order chi connectivity index (χ0) is 13.5. The fourth-order valence-electron chi connectivity index (χ4n) is 2.01. The van der Waals surface area contributed by atoms with Gasteiger partial charge in [-0.3, -0.25) is 0 Å². The van der Waals surface area contributed by atoms with Crippen molar-refractivity contribution < 1.29 is 14.6 Å². The van der Waals surface area contributed by atoms with Crippen LogP contribution in [0.15, 0.2) is 28.7 Å². The Bertz CT molecular complexity index is 383. The van der Waals surface area contributed by atoms with Crippen LogP contribution in [0.5, 0.6) is 5.75 Å². The molecule has 5 heteroatoms. The molecule has 0 amide bonds. The Balaban J connectivity index is 1.65. The van der Waals surface area contributed by atoms with Gasteiger partial charge in [0, 0.05) is 30.3 Å². The van der Waals surface area contributed by atoms with Crippen molar-refractivity contribution in [1.29, 1.82) is 0 Å². The Labute approximate surface area is 122 Å². The average molecular weight is 330 g/mol. The van der Waals surface area contributed by atoms with E-state index in [1.165, 1.54) is 0 Å². The second-order valence-electron chi connectivity index (χ2n) is 4.72. The van der Waals surface area contributed by atoms with E-state index in [9.17, 15) is 5.11 Å². The van der Waals surface area contributed by atoms with Crippen molar-refractivity contribution in [1.82, 2.24) is 5.32 Å². The maximum absolute atomic E-state index is 9.88. The smallest absolute Gasteiger partial charge is 0.120 e. The fraction of sp³-hybridized carbons (Fsp3) is 0.571. The molecule has 1 aromatic carbocycles. The first-order valence-electron chi connectivity index (χ1n) is 6.61. The van der Waals surface area contributed by atoms with Gasteiger partial charge in [-0.2, -0.15) is 0 Å². The van der Waals surface area contributed by atoms with Crippen LogP contribution in [0, 0.1) is 0 Å². The Morgan fingerprint density at radius 2 is 2.21 bits per heavy atom. The number of nitrogens with one attached hydrogen (secondary N) is 1. The molecule has 1 unspecified atom stereocenters. The summed E-state index contributed by atoms with van der Waals surface area (Å²) in [6.45, 7) is 2.47. The van der Waals surface area contributed by atoms with E-state index in [1.807, 2.05) is 24.3 Å². The minimum atomic E-state index is -0.498. The molecule has 1 aliphatic heterocycles. The first-order valence-corrected chi connectivity index (χ1v) is 7.41. The number of aliphatic hydroxyl groups is 1. The zero-order valence-corrected chi connectivity index (χ0v) is 12.4. The first kappa shape index (κ1) is 14.8. The van der Waals surface area contributed by atoms with E-state index in [4.69, 9.17) is 9.47 Å². The maximum Gasteiger partial charge on any atom is 0.120 e. The predicted molar refractivity (Wildman–Crippen MR) is 77.5 cm³/mol. The van der Waals surface area contributed by atoms with Crippen molar-refractivity contribution in [2.75, 3.05) is 26.4 Å². The lowest BCUT2D eigenvalue weighted by atomic mass is 10.1. The molecular weight excluding hydrogens is 310 g/mol. The van der Waals surface area contributed by atoms with Gasteiger partial charge in [0.05, 0.1) is 0 Å². The summed E-state index contributed by atoms with van der Waals surface area (Å²) in [5, 5.41) is 13.2. The van der Waals surface area contributed by atoms with Crippen LogP contribution in [0.4, 0.5) is 0 Å². The average Bonchev–Trinajstić information content (AvgIpc) is 2.44. The van der Waals surface area contributed by atoms with Crippen LogP contribution >= 0.6 is 15.9 Å². The Morgan fingerprint density at radius 1 is 1.42 bits per heavy atom. The van der Waals surface area contributed by atoms with Crippen molar-refractivity contribution in [3.63, 3.8) is 0 Å². The first-order chi connectivity index (χ1) is 9.24. The summed E-state index contributed by atoms with van der Waals surface area (Å²) < 4.78 is 11.8. The number of ether oxygens (including phenoxy) is 2. The molecule has 0 spiro atoms. The van der Waals surface area contributed by atoms with E-state index in [0.717, 1.165) is 36.3 Å². The molecule has 1 saturated heterocycles. The van der Waals surface area contributed by atoms with Crippen LogP contribution in [-0.2, 0) is 4.74 Å². The van der Waals surface area contributed by atoms with E-state index in [-0.39, 0.29) is 0 Å². The second kappa shape index (κ2) is 7.85. The van der Waals surface area contributed by atoms with Gasteiger partial charge in [-0.05, 0) is 31.0 Å². The van der Waals surface area contributed by atoms with Gasteiger partial charge in [-0.15, -0.1) is 0 Å². The molecule has 0 saturated carbocycles. The highest BCUT2D eigenvalue weighted by Crippen LogP contribution is 2.17. The third kappa shape index (κ3) is 5.48. The van der Waals surface area contributed by atoms with E-state index < -0.39 is 6.10 Å². The molecule has 1 heterocycles. The third-order valence-corrected chi connectivity index (χ3v) is 3.60. The van der Waals surface area contributed by atoms with Gasteiger partial charge in [-0.25, -0.2) is 0 Å². The second-order valence-corrected chi connectivity index (χ2v) is 5.63. The highest BCUT2D eigenvalue weighted by Gasteiger charge is 2.14. The van der Waals surface area contributed by atoms with Crippen LogP contribution < -0.4 is 10.1 Å². The monoisotopic (exact) mass is 329 g/mol. The van der Waals surface area contributed by atoms with Crippen LogP contribution in [0.25, 0.3) is 0 Å². The summed E-state index contributed by atoms with van der Waals surface area (Å²) in [5.74, 6) is 0.763. The van der Waals surface area contributed by atoms with Gasteiger partial charge in [0.15, 0.2) is 0 Å². The van der Waals surface area contributed by atoms with Crippen molar-refractivity contribution in [3.8, 4) is 5.75 Å². The van der Waals surface area contributed by atoms with E-state index in [0.29, 0.717) is 19.2 Å². The van der Waals surface area contributed by atoms with E-state index >= 15 is 0 Å². The standard InChI is InChI=1S/C14H20BrNO3/c15-11-2-1-3-14(8-11)19-10-13(17)9-16-12-4-6-18-7-5-12/h1-3,8,12-13,16-17H,4-7,9-10H2. The van der Waals surface area contributed by atoms with Crippen molar-refractivity contribution in [3.05, 3.63) is 28.7 Å². The summed E-state index contributed by atoms with van der Waals surface area (Å²) in [6, 6.07) is 8.07. The normalized spacial score (nSPS) is 18.2. The Kier molecular flexibility index (Phi) is 6.10. The van der Waals surface area contributed by atoms with Crippen molar-refractivity contribution in [2.24, 2.45) is 0 Å². The third-order valence-electron chi connectivity index (χ3n) is 3.10. The van der Waals surface area contributed by atoms with Crippen LogP contribution in [0.1, 0.15) is 12.8 Å². The summed E-state index contributed by atoms with van der Waals surface area (Å²) in [6.07, 6.45) is 1.53. The highest BCUT2D eigenvalue weighted by atomic mass is 79.9. The molecule has 106 valence electrons. The molecule has 0 bridgehead atoms. The van der Waals surface area contributed by atoms with Gasteiger partial charge in [0.2, 0.25) is 0 Å². The highest BCUT2D eigenvalue weighted by molar-refractivity contribution is 9.10. The van der Waals surface area contributed by atoms with Gasteiger partial charge in [-0.1, -0.05) is 22.0 Å². The predicted octanol–water partition coefficient (Wildman–Crippen LogP) is 1.96. The summed E-state index contributed by atoms with van der Waals surface area (Å²) in [5.41, 5.74) is 0. The number of hydrogen-bond acceptors (Lipinski definition) is 4. The van der Waals surface area contributed by atoms with Crippen LogP contribution in [-0.4, -0.2) is 43.6 Å².